The van der Waals surface area contributed by atoms with Crippen LogP contribution in [-0.2, 0) is 4.79 Å². The van der Waals surface area contributed by atoms with Gasteiger partial charge in [0.15, 0.2) is 6.61 Å². The number of ether oxygens (including phenoxy) is 1. The zero-order chi connectivity index (χ0) is 17.5. The number of hydrazone groups is 1. The van der Waals surface area contributed by atoms with E-state index in [-0.39, 0.29) is 12.5 Å². The Kier molecular flexibility index (Phi) is 5.69. The molecule has 0 aliphatic heterocycles. The first-order valence-electron chi connectivity index (χ1n) is 7.53. The van der Waals surface area contributed by atoms with Gasteiger partial charge in [-0.1, -0.05) is 24.3 Å². The van der Waals surface area contributed by atoms with Gasteiger partial charge in [0.05, 0.1) is 17.3 Å². The molecule has 0 atom stereocenters. The molecule has 0 fully saturated rings. The van der Waals surface area contributed by atoms with E-state index in [1.54, 1.807) is 31.2 Å². The van der Waals surface area contributed by atoms with E-state index in [1.807, 2.05) is 32.0 Å². The Hall–Kier alpha value is -3.13. The van der Waals surface area contributed by atoms with Crippen molar-refractivity contribution >= 4 is 11.6 Å². The fourth-order valence-corrected chi connectivity index (χ4v) is 2.04. The lowest BCUT2D eigenvalue weighted by Crippen LogP contribution is -2.25. The number of nitriles is 1. The van der Waals surface area contributed by atoms with Crippen LogP contribution in [0.1, 0.15) is 29.2 Å². The molecule has 2 aromatic rings. The number of hydrogen-bond donors (Lipinski definition) is 1. The van der Waals surface area contributed by atoms with E-state index in [0.717, 1.165) is 16.7 Å². The zero-order valence-electron chi connectivity index (χ0n) is 14.0. The minimum atomic E-state index is -0.330. The number of nitrogens with one attached hydrogen (secondary N) is 1. The fraction of sp³-hybridized carbons (Fsp3) is 0.211. The monoisotopic (exact) mass is 321 g/mol. The Morgan fingerprint density at radius 2 is 1.92 bits per heavy atom. The van der Waals surface area contributed by atoms with Gasteiger partial charge >= 0.3 is 0 Å². The third-order valence-corrected chi connectivity index (χ3v) is 3.48. The highest BCUT2D eigenvalue weighted by Gasteiger charge is 2.05. The predicted octanol–water partition coefficient (Wildman–Crippen LogP) is 3.09. The van der Waals surface area contributed by atoms with E-state index in [4.69, 9.17) is 10.00 Å². The molecule has 0 bridgehead atoms. The van der Waals surface area contributed by atoms with E-state index in [2.05, 4.69) is 16.6 Å². The summed E-state index contributed by atoms with van der Waals surface area (Å²) in [7, 11) is 0. The standard InChI is InChI=1S/C19H19N3O2/c1-13-4-5-14(2)18(10-13)24-12-19(23)22-21-15(3)17-8-6-16(11-20)7-9-17/h4-10H,12H2,1-3H3,(H,22,23)/b21-15-. The maximum absolute atomic E-state index is 11.9. The van der Waals surface area contributed by atoms with Gasteiger partial charge in [0.1, 0.15) is 5.75 Å². The van der Waals surface area contributed by atoms with Crippen molar-refractivity contribution in [3.8, 4) is 11.8 Å². The van der Waals surface area contributed by atoms with Crippen LogP contribution in [0.3, 0.4) is 0 Å². The van der Waals surface area contributed by atoms with Crippen molar-refractivity contribution in [2.45, 2.75) is 20.8 Å². The van der Waals surface area contributed by atoms with Crippen LogP contribution in [0.15, 0.2) is 47.6 Å². The second-order valence-corrected chi connectivity index (χ2v) is 5.48. The lowest BCUT2D eigenvalue weighted by atomic mass is 10.1. The highest BCUT2D eigenvalue weighted by molar-refractivity contribution is 5.99. The smallest absolute Gasteiger partial charge is 0.277 e. The average Bonchev–Trinajstić information content (AvgIpc) is 2.60. The molecule has 0 saturated heterocycles. The van der Waals surface area contributed by atoms with Crippen LogP contribution in [0.25, 0.3) is 0 Å². The molecule has 0 aromatic heterocycles. The predicted molar refractivity (Wildman–Crippen MR) is 92.9 cm³/mol. The van der Waals surface area contributed by atoms with E-state index in [0.29, 0.717) is 17.0 Å². The number of carbonyl (C=O) groups is 1. The van der Waals surface area contributed by atoms with Crippen molar-refractivity contribution in [1.29, 1.82) is 5.26 Å². The van der Waals surface area contributed by atoms with Crippen LogP contribution in [0.2, 0.25) is 0 Å². The number of carbonyl (C=O) groups excluding carboxylic acids is 1. The molecule has 5 heteroatoms. The number of hydrogen-bond acceptors (Lipinski definition) is 4. The molecule has 0 aliphatic carbocycles. The highest BCUT2D eigenvalue weighted by Crippen LogP contribution is 2.18. The van der Waals surface area contributed by atoms with Gasteiger partial charge in [-0.2, -0.15) is 10.4 Å². The van der Waals surface area contributed by atoms with Crippen molar-refractivity contribution < 1.29 is 9.53 Å². The Morgan fingerprint density at radius 3 is 2.58 bits per heavy atom. The summed E-state index contributed by atoms with van der Waals surface area (Å²) in [5.41, 5.74) is 6.60. The van der Waals surface area contributed by atoms with Crippen molar-refractivity contribution in [3.05, 3.63) is 64.7 Å². The fourth-order valence-electron chi connectivity index (χ4n) is 2.04. The van der Waals surface area contributed by atoms with Crippen LogP contribution in [-0.4, -0.2) is 18.2 Å². The second-order valence-electron chi connectivity index (χ2n) is 5.48. The van der Waals surface area contributed by atoms with Crippen molar-refractivity contribution in [2.75, 3.05) is 6.61 Å². The lowest BCUT2D eigenvalue weighted by Gasteiger charge is -2.09. The van der Waals surface area contributed by atoms with E-state index < -0.39 is 0 Å². The lowest BCUT2D eigenvalue weighted by molar-refractivity contribution is -0.123. The molecule has 0 saturated carbocycles. The van der Waals surface area contributed by atoms with E-state index >= 15 is 0 Å². The van der Waals surface area contributed by atoms with Crippen LogP contribution >= 0.6 is 0 Å². The Balaban J connectivity index is 1.92. The van der Waals surface area contributed by atoms with Gasteiger partial charge in [0, 0.05) is 0 Å². The SMILES string of the molecule is C/C(=N/NC(=O)COc1cc(C)ccc1C)c1ccc(C#N)cc1. The first-order chi connectivity index (χ1) is 11.5. The summed E-state index contributed by atoms with van der Waals surface area (Å²) in [5, 5.41) is 12.8. The van der Waals surface area contributed by atoms with Crippen LogP contribution in [0, 0.1) is 25.2 Å². The average molecular weight is 321 g/mol. The molecule has 0 unspecified atom stereocenters. The molecule has 2 rings (SSSR count). The molecule has 0 heterocycles. The highest BCUT2D eigenvalue weighted by atomic mass is 16.5. The van der Waals surface area contributed by atoms with Crippen molar-refractivity contribution in [2.24, 2.45) is 5.10 Å². The summed E-state index contributed by atoms with van der Waals surface area (Å²) in [6, 6.07) is 14.9. The summed E-state index contributed by atoms with van der Waals surface area (Å²) in [6.07, 6.45) is 0. The second kappa shape index (κ2) is 7.93. The van der Waals surface area contributed by atoms with Gasteiger partial charge in [-0.25, -0.2) is 5.43 Å². The van der Waals surface area contributed by atoms with E-state index in [1.165, 1.54) is 0 Å². The molecule has 24 heavy (non-hydrogen) atoms. The number of amides is 1. The van der Waals surface area contributed by atoms with Crippen LogP contribution in [0.4, 0.5) is 0 Å². The maximum atomic E-state index is 11.9. The largest absolute Gasteiger partial charge is 0.483 e. The first-order valence-corrected chi connectivity index (χ1v) is 7.53. The first kappa shape index (κ1) is 17.2. The molecular formula is C19H19N3O2. The van der Waals surface area contributed by atoms with Gasteiger partial charge in [-0.05, 0) is 55.7 Å². The normalized spacial score (nSPS) is 10.8. The number of benzene rings is 2. The summed E-state index contributed by atoms with van der Waals surface area (Å²) >= 11 is 0. The van der Waals surface area contributed by atoms with Crippen LogP contribution < -0.4 is 10.2 Å². The quantitative estimate of drug-likeness (QED) is 0.679. The number of rotatable bonds is 5. The van der Waals surface area contributed by atoms with E-state index in [9.17, 15) is 4.79 Å². The van der Waals surface area contributed by atoms with Crippen molar-refractivity contribution in [1.82, 2.24) is 5.43 Å². The van der Waals surface area contributed by atoms with Crippen LogP contribution in [0.5, 0.6) is 5.75 Å². The topological polar surface area (TPSA) is 74.5 Å². The van der Waals surface area contributed by atoms with Gasteiger partial charge < -0.3 is 4.74 Å². The van der Waals surface area contributed by atoms with Crippen molar-refractivity contribution in [3.63, 3.8) is 0 Å². The Morgan fingerprint density at radius 1 is 1.21 bits per heavy atom. The minimum Gasteiger partial charge on any atom is -0.483 e. The molecule has 1 N–H and O–H groups in total. The molecular weight excluding hydrogens is 302 g/mol. The van der Waals surface area contributed by atoms with Gasteiger partial charge in [-0.15, -0.1) is 0 Å². The molecule has 0 spiro atoms. The third-order valence-electron chi connectivity index (χ3n) is 3.48. The molecule has 0 radical (unpaired) electrons. The molecule has 5 nitrogen and oxygen atoms in total. The summed E-state index contributed by atoms with van der Waals surface area (Å²) in [4.78, 5) is 11.9. The number of nitrogens with zero attached hydrogens (tertiary/aromatic N) is 2. The molecule has 0 aliphatic rings. The third kappa shape index (κ3) is 4.68. The summed E-state index contributed by atoms with van der Waals surface area (Å²) < 4.78 is 5.53. The minimum absolute atomic E-state index is 0.103. The zero-order valence-corrected chi connectivity index (χ0v) is 14.0. The van der Waals surface area contributed by atoms with Gasteiger partial charge in [-0.3, -0.25) is 4.79 Å². The molecule has 2 aromatic carbocycles. The maximum Gasteiger partial charge on any atom is 0.277 e. The number of aryl methyl sites for hydroxylation is 2. The summed E-state index contributed by atoms with van der Waals surface area (Å²) in [6.45, 7) is 5.58. The van der Waals surface area contributed by atoms with Gasteiger partial charge in [0.25, 0.3) is 5.91 Å². The Labute approximate surface area is 141 Å². The van der Waals surface area contributed by atoms with Gasteiger partial charge in [0.2, 0.25) is 0 Å². The molecule has 1 amide bonds. The molecule has 122 valence electrons. The summed E-state index contributed by atoms with van der Waals surface area (Å²) in [5.74, 6) is 0.363. The Bertz CT molecular complexity index is 802.